The average molecular weight is 458 g/mol. The molecule has 3 rings (SSSR count). The highest BCUT2D eigenvalue weighted by Gasteiger charge is 2.21. The van der Waals surface area contributed by atoms with Crippen LogP contribution in [0.5, 0.6) is 5.75 Å². The number of rotatable bonds is 7. The Morgan fingerprint density at radius 3 is 2.69 bits per heavy atom. The number of carbonyl (C=O) groups excluding carboxylic acids is 1. The van der Waals surface area contributed by atoms with Gasteiger partial charge in [-0.3, -0.25) is 4.79 Å². The van der Waals surface area contributed by atoms with Crippen molar-refractivity contribution >= 4 is 21.8 Å². The Morgan fingerprint density at radius 1 is 1.21 bits per heavy atom. The first kappa shape index (κ1) is 21.0. The molecule has 0 bridgehead atoms. The second-order valence-corrected chi connectivity index (χ2v) is 8.05. The number of halogens is 1. The number of amides is 1. The third-order valence-electron chi connectivity index (χ3n) is 4.49. The Balaban J connectivity index is 1.66. The van der Waals surface area contributed by atoms with E-state index >= 15 is 0 Å². The van der Waals surface area contributed by atoms with E-state index < -0.39 is 0 Å². The molecule has 0 saturated carbocycles. The maximum atomic E-state index is 12.7. The molecule has 1 aromatic heterocycles. The van der Waals surface area contributed by atoms with Gasteiger partial charge in [-0.05, 0) is 57.5 Å². The summed E-state index contributed by atoms with van der Waals surface area (Å²) in [5.41, 5.74) is 3.05. The summed E-state index contributed by atoms with van der Waals surface area (Å²) in [6.07, 6.45) is 0. The van der Waals surface area contributed by atoms with Crippen LogP contribution in [-0.2, 0) is 11.3 Å². The smallest absolute Gasteiger partial charge is 0.261 e. The van der Waals surface area contributed by atoms with Crippen molar-refractivity contribution in [2.24, 2.45) is 0 Å². The molecule has 0 radical (unpaired) electrons. The minimum Gasteiger partial charge on any atom is -0.484 e. The number of benzene rings is 2. The predicted octanol–water partition coefficient (Wildman–Crippen LogP) is 4.93. The van der Waals surface area contributed by atoms with Gasteiger partial charge in [0.2, 0.25) is 11.7 Å². The van der Waals surface area contributed by atoms with Gasteiger partial charge in [-0.15, -0.1) is 0 Å². The summed E-state index contributed by atoms with van der Waals surface area (Å²) in [6, 6.07) is 13.5. The Labute approximate surface area is 179 Å². The molecule has 6 nitrogen and oxygen atoms in total. The number of aryl methyl sites for hydroxylation is 2. The standard InChI is InChI=1S/C22H24BrN3O3/c1-14(2)26(21(27)13-28-18-8-9-19(23)16(4)11-18)12-20-24-22(25-29-20)17-7-5-6-15(3)10-17/h5-11,14H,12-13H2,1-4H3. The van der Waals surface area contributed by atoms with Crippen molar-refractivity contribution in [2.45, 2.75) is 40.3 Å². The summed E-state index contributed by atoms with van der Waals surface area (Å²) in [6.45, 7) is 8.05. The Bertz CT molecular complexity index is 1000. The zero-order valence-corrected chi connectivity index (χ0v) is 18.6. The summed E-state index contributed by atoms with van der Waals surface area (Å²) in [5, 5.41) is 4.05. The molecule has 0 aliphatic heterocycles. The summed E-state index contributed by atoms with van der Waals surface area (Å²) in [4.78, 5) is 18.9. The monoisotopic (exact) mass is 457 g/mol. The lowest BCUT2D eigenvalue weighted by molar-refractivity contribution is -0.136. The molecule has 0 aliphatic rings. The fourth-order valence-electron chi connectivity index (χ4n) is 2.86. The van der Waals surface area contributed by atoms with Crippen LogP contribution in [0.15, 0.2) is 51.5 Å². The van der Waals surface area contributed by atoms with E-state index in [1.54, 1.807) is 4.90 Å². The van der Waals surface area contributed by atoms with Crippen LogP contribution < -0.4 is 4.74 Å². The molecule has 7 heteroatoms. The zero-order chi connectivity index (χ0) is 21.0. The predicted molar refractivity (Wildman–Crippen MR) is 115 cm³/mol. The van der Waals surface area contributed by atoms with Crippen LogP contribution in [0.4, 0.5) is 0 Å². The lowest BCUT2D eigenvalue weighted by Gasteiger charge is -2.25. The molecule has 1 amide bonds. The number of nitrogens with zero attached hydrogens (tertiary/aromatic N) is 3. The molecule has 2 aromatic carbocycles. The Hall–Kier alpha value is -2.67. The second kappa shape index (κ2) is 9.22. The minimum absolute atomic E-state index is 0.0351. The fraction of sp³-hybridized carbons (Fsp3) is 0.318. The molecule has 0 atom stereocenters. The Kier molecular flexibility index (Phi) is 6.69. The summed E-state index contributed by atoms with van der Waals surface area (Å²) in [7, 11) is 0. The van der Waals surface area contributed by atoms with Crippen molar-refractivity contribution in [1.82, 2.24) is 15.0 Å². The van der Waals surface area contributed by atoms with Crippen molar-refractivity contribution in [1.29, 1.82) is 0 Å². The van der Waals surface area contributed by atoms with Gasteiger partial charge in [-0.25, -0.2) is 0 Å². The first-order valence-electron chi connectivity index (χ1n) is 9.41. The maximum Gasteiger partial charge on any atom is 0.261 e. The van der Waals surface area contributed by atoms with Crippen molar-refractivity contribution in [3.63, 3.8) is 0 Å². The second-order valence-electron chi connectivity index (χ2n) is 7.20. The van der Waals surface area contributed by atoms with Crippen LogP contribution in [0.3, 0.4) is 0 Å². The average Bonchev–Trinajstić information content (AvgIpc) is 3.15. The van der Waals surface area contributed by atoms with E-state index in [1.165, 1.54) is 0 Å². The topological polar surface area (TPSA) is 68.5 Å². The molecular formula is C22H24BrN3O3. The molecule has 0 aliphatic carbocycles. The van der Waals surface area contributed by atoms with Gasteiger partial charge in [0.1, 0.15) is 12.3 Å². The van der Waals surface area contributed by atoms with E-state index in [9.17, 15) is 4.79 Å². The van der Waals surface area contributed by atoms with Crippen molar-refractivity contribution in [3.05, 3.63) is 64.0 Å². The van der Waals surface area contributed by atoms with Crippen molar-refractivity contribution in [3.8, 4) is 17.1 Å². The van der Waals surface area contributed by atoms with Gasteiger partial charge in [0.05, 0.1) is 0 Å². The van der Waals surface area contributed by atoms with Gasteiger partial charge in [-0.2, -0.15) is 4.98 Å². The van der Waals surface area contributed by atoms with Gasteiger partial charge in [0.25, 0.3) is 5.91 Å². The van der Waals surface area contributed by atoms with Gasteiger partial charge in [0.15, 0.2) is 6.61 Å². The molecule has 0 saturated heterocycles. The third kappa shape index (κ3) is 5.44. The van der Waals surface area contributed by atoms with Gasteiger partial charge in [0, 0.05) is 16.1 Å². The van der Waals surface area contributed by atoms with E-state index in [2.05, 4.69) is 26.1 Å². The highest BCUT2D eigenvalue weighted by atomic mass is 79.9. The number of carbonyl (C=O) groups is 1. The maximum absolute atomic E-state index is 12.7. The van der Waals surface area contributed by atoms with Crippen LogP contribution in [0, 0.1) is 13.8 Å². The quantitative estimate of drug-likeness (QED) is 0.502. The lowest BCUT2D eigenvalue weighted by Crippen LogP contribution is -2.39. The largest absolute Gasteiger partial charge is 0.484 e. The fourth-order valence-corrected chi connectivity index (χ4v) is 3.11. The summed E-state index contributed by atoms with van der Waals surface area (Å²) < 4.78 is 12.1. The number of hydrogen-bond acceptors (Lipinski definition) is 5. The van der Waals surface area contributed by atoms with Gasteiger partial charge >= 0.3 is 0 Å². The van der Waals surface area contributed by atoms with Crippen LogP contribution >= 0.6 is 15.9 Å². The highest BCUT2D eigenvalue weighted by molar-refractivity contribution is 9.10. The molecule has 0 unspecified atom stereocenters. The molecule has 152 valence electrons. The first-order chi connectivity index (χ1) is 13.8. The van der Waals surface area contributed by atoms with Crippen molar-refractivity contribution in [2.75, 3.05) is 6.61 Å². The number of hydrogen-bond donors (Lipinski definition) is 0. The van der Waals surface area contributed by atoms with E-state index in [0.717, 1.165) is 21.2 Å². The molecule has 0 fully saturated rings. The third-order valence-corrected chi connectivity index (χ3v) is 5.38. The summed E-state index contributed by atoms with van der Waals surface area (Å²) in [5.74, 6) is 1.42. The van der Waals surface area contributed by atoms with E-state index in [4.69, 9.17) is 9.26 Å². The lowest BCUT2D eigenvalue weighted by atomic mass is 10.1. The van der Waals surface area contributed by atoms with Gasteiger partial charge in [-0.1, -0.05) is 44.8 Å². The molecule has 0 spiro atoms. The molecule has 29 heavy (non-hydrogen) atoms. The number of ether oxygens (including phenoxy) is 1. The van der Waals surface area contributed by atoms with Crippen LogP contribution in [0.1, 0.15) is 30.9 Å². The number of aromatic nitrogens is 2. The summed E-state index contributed by atoms with van der Waals surface area (Å²) >= 11 is 3.46. The van der Waals surface area contributed by atoms with Crippen LogP contribution in [0.2, 0.25) is 0 Å². The SMILES string of the molecule is Cc1cccc(-c2noc(CN(C(=O)COc3ccc(Br)c(C)c3)C(C)C)n2)c1. The van der Waals surface area contributed by atoms with Crippen LogP contribution in [-0.4, -0.2) is 33.6 Å². The molecule has 1 heterocycles. The zero-order valence-electron chi connectivity index (χ0n) is 17.0. The molecule has 0 N–H and O–H groups in total. The Morgan fingerprint density at radius 2 is 2.00 bits per heavy atom. The highest BCUT2D eigenvalue weighted by Crippen LogP contribution is 2.22. The van der Waals surface area contributed by atoms with Crippen LogP contribution in [0.25, 0.3) is 11.4 Å². The van der Waals surface area contributed by atoms with Gasteiger partial charge < -0.3 is 14.2 Å². The van der Waals surface area contributed by atoms with E-state index in [0.29, 0.717) is 17.5 Å². The van der Waals surface area contributed by atoms with Crippen molar-refractivity contribution < 1.29 is 14.1 Å². The molecule has 3 aromatic rings. The first-order valence-corrected chi connectivity index (χ1v) is 10.2. The normalized spacial score (nSPS) is 11.0. The van der Waals surface area contributed by atoms with E-state index in [1.807, 2.05) is 70.2 Å². The minimum atomic E-state index is -0.143. The molecular weight excluding hydrogens is 434 g/mol. The van der Waals surface area contributed by atoms with E-state index in [-0.39, 0.29) is 25.1 Å².